The van der Waals surface area contributed by atoms with Crippen molar-refractivity contribution in [2.75, 3.05) is 86.5 Å². The van der Waals surface area contributed by atoms with Gasteiger partial charge in [-0.1, -0.05) is 0 Å². The second kappa shape index (κ2) is 12.0. The number of thiazole rings is 1. The molecule has 0 bridgehead atoms. The first-order valence-corrected chi connectivity index (χ1v) is 15.8. The molecule has 5 heterocycles. The molecule has 1 N–H and O–H groups in total. The lowest BCUT2D eigenvalue weighted by atomic mass is 10.0. The van der Waals surface area contributed by atoms with Gasteiger partial charge in [-0.3, -0.25) is 9.69 Å². The van der Waals surface area contributed by atoms with Crippen LogP contribution in [0.15, 0.2) is 24.4 Å². The van der Waals surface area contributed by atoms with E-state index in [-0.39, 0.29) is 5.91 Å². The maximum atomic E-state index is 13.4. The number of piperidine rings is 1. The molecule has 42 heavy (non-hydrogen) atoms. The predicted octanol–water partition coefficient (Wildman–Crippen LogP) is 4.35. The van der Waals surface area contributed by atoms with Gasteiger partial charge in [0.05, 0.1) is 24.0 Å². The van der Waals surface area contributed by atoms with Gasteiger partial charge in [-0.15, -0.1) is 11.3 Å². The van der Waals surface area contributed by atoms with E-state index < -0.39 is 0 Å². The number of amides is 1. The molecule has 0 saturated carbocycles. The summed E-state index contributed by atoms with van der Waals surface area (Å²) in [6.07, 6.45) is 4.07. The Morgan fingerprint density at radius 1 is 1.00 bits per heavy atom. The minimum atomic E-state index is -0.119. The van der Waals surface area contributed by atoms with Crippen molar-refractivity contribution in [2.24, 2.45) is 0 Å². The zero-order valence-corrected chi connectivity index (χ0v) is 26.1. The lowest BCUT2D eigenvalue weighted by molar-refractivity contribution is 0.0981. The number of carbonyl (C=O) groups excluding carboxylic acids is 1. The molecule has 1 aromatic carbocycles. The largest absolute Gasteiger partial charge is 0.495 e. The quantitative estimate of drug-likeness (QED) is 0.428. The molecule has 3 aliphatic rings. The van der Waals surface area contributed by atoms with Gasteiger partial charge in [0.1, 0.15) is 16.4 Å². The van der Waals surface area contributed by atoms with Crippen LogP contribution in [0.3, 0.4) is 0 Å². The molecule has 0 atom stereocenters. The average molecular weight is 592 g/mol. The topological polar surface area (TPSA) is 93.2 Å². The Kier molecular flexibility index (Phi) is 8.19. The van der Waals surface area contributed by atoms with Crippen LogP contribution in [0.25, 0.3) is 0 Å². The van der Waals surface area contributed by atoms with Crippen molar-refractivity contribution in [1.82, 2.24) is 24.8 Å². The molecule has 224 valence electrons. The molecule has 0 spiro atoms. The molecule has 0 aliphatic carbocycles. The van der Waals surface area contributed by atoms with Gasteiger partial charge in [0, 0.05) is 70.2 Å². The van der Waals surface area contributed by atoms with Crippen molar-refractivity contribution in [2.45, 2.75) is 39.7 Å². The van der Waals surface area contributed by atoms with Crippen LogP contribution >= 0.6 is 11.3 Å². The summed E-state index contributed by atoms with van der Waals surface area (Å²) in [5, 5.41) is 5.06. The van der Waals surface area contributed by atoms with Gasteiger partial charge < -0.3 is 29.7 Å². The number of likely N-dealkylation sites (N-methyl/N-ethyl adjacent to an activating group) is 1. The normalized spacial score (nSPS) is 18.6. The number of hydrogen-bond acceptors (Lipinski definition) is 11. The molecule has 0 unspecified atom stereocenters. The highest BCUT2D eigenvalue weighted by Gasteiger charge is 2.34. The van der Waals surface area contributed by atoms with E-state index in [0.29, 0.717) is 42.3 Å². The summed E-state index contributed by atoms with van der Waals surface area (Å²) in [5.41, 5.74) is 3.12. The summed E-state index contributed by atoms with van der Waals surface area (Å²) < 4.78 is 5.86. The maximum absolute atomic E-state index is 13.4. The number of carbonyl (C=O) groups is 1. The second-order valence-corrected chi connectivity index (χ2v) is 12.3. The number of aromatic nitrogens is 3. The van der Waals surface area contributed by atoms with Crippen LogP contribution in [0, 0.1) is 6.92 Å². The first kappa shape index (κ1) is 28.6. The van der Waals surface area contributed by atoms with E-state index in [1.807, 2.05) is 19.9 Å². The molecule has 1 amide bonds. The molecule has 11 nitrogen and oxygen atoms in total. The van der Waals surface area contributed by atoms with Crippen LogP contribution in [0.5, 0.6) is 5.75 Å². The standard InChI is InChI=1S/C30H41N9O2S/c1-6-38-24-19-31-30(34-27(24)39(7-2)29-26(28(38)40)32-20(3)42-29)33-21-8-9-23(25(18-21)41-5)37-12-10-22(11-13-37)36-16-14-35(4)15-17-36/h8-9,18-19,22H,6-7,10-17H2,1-5H3,(H,31,33,34). The summed E-state index contributed by atoms with van der Waals surface area (Å²) in [5.74, 6) is 1.87. The molecule has 3 aliphatic heterocycles. The zero-order chi connectivity index (χ0) is 29.4. The van der Waals surface area contributed by atoms with Gasteiger partial charge >= 0.3 is 0 Å². The van der Waals surface area contributed by atoms with Crippen molar-refractivity contribution in [3.63, 3.8) is 0 Å². The Bertz CT molecular complexity index is 1430. The van der Waals surface area contributed by atoms with Crippen LogP contribution < -0.4 is 24.8 Å². The van der Waals surface area contributed by atoms with Crippen molar-refractivity contribution in [3.05, 3.63) is 35.1 Å². The molecule has 2 fully saturated rings. The van der Waals surface area contributed by atoms with Gasteiger partial charge in [-0.2, -0.15) is 4.98 Å². The van der Waals surface area contributed by atoms with E-state index in [4.69, 9.17) is 9.72 Å². The fourth-order valence-electron chi connectivity index (χ4n) is 6.30. The number of aryl methyl sites for hydroxylation is 1. The first-order valence-electron chi connectivity index (χ1n) is 15.0. The first-order chi connectivity index (χ1) is 20.4. The van der Waals surface area contributed by atoms with Gasteiger partial charge in [0.25, 0.3) is 5.91 Å². The van der Waals surface area contributed by atoms with Gasteiger partial charge in [-0.05, 0) is 52.8 Å². The Morgan fingerprint density at radius 2 is 1.74 bits per heavy atom. The third-order valence-electron chi connectivity index (χ3n) is 8.63. The summed E-state index contributed by atoms with van der Waals surface area (Å²) in [7, 11) is 3.94. The zero-order valence-electron chi connectivity index (χ0n) is 25.3. The van der Waals surface area contributed by atoms with Gasteiger partial charge in [0.2, 0.25) is 5.95 Å². The third kappa shape index (κ3) is 5.38. The monoisotopic (exact) mass is 591 g/mol. The number of hydrogen-bond donors (Lipinski definition) is 1. The summed E-state index contributed by atoms with van der Waals surface area (Å²) in [6.45, 7) is 13.8. The molecule has 6 rings (SSSR count). The van der Waals surface area contributed by atoms with Crippen molar-refractivity contribution in [3.8, 4) is 5.75 Å². The van der Waals surface area contributed by atoms with E-state index in [9.17, 15) is 4.79 Å². The van der Waals surface area contributed by atoms with Crippen LogP contribution in [-0.4, -0.2) is 103 Å². The number of ether oxygens (including phenoxy) is 1. The molecular weight excluding hydrogens is 550 g/mol. The highest BCUT2D eigenvalue weighted by atomic mass is 32.1. The number of fused-ring (bicyclic) bond motifs is 2. The molecule has 2 saturated heterocycles. The number of rotatable bonds is 7. The van der Waals surface area contributed by atoms with Crippen LogP contribution in [0.4, 0.5) is 33.8 Å². The van der Waals surface area contributed by atoms with E-state index in [1.54, 1.807) is 18.2 Å². The van der Waals surface area contributed by atoms with Crippen molar-refractivity contribution < 1.29 is 9.53 Å². The second-order valence-electron chi connectivity index (χ2n) is 11.2. The molecule has 12 heteroatoms. The Labute approximate surface area is 252 Å². The molecule has 0 radical (unpaired) electrons. The Hall–Kier alpha value is -3.48. The van der Waals surface area contributed by atoms with Crippen molar-refractivity contribution in [1.29, 1.82) is 0 Å². The smallest absolute Gasteiger partial charge is 0.280 e. The maximum Gasteiger partial charge on any atom is 0.280 e. The highest BCUT2D eigenvalue weighted by molar-refractivity contribution is 7.16. The Balaban J connectivity index is 1.21. The number of nitrogens with zero attached hydrogens (tertiary/aromatic N) is 8. The van der Waals surface area contributed by atoms with Crippen LogP contribution in [0.1, 0.15) is 42.2 Å². The van der Waals surface area contributed by atoms with Crippen LogP contribution in [0.2, 0.25) is 0 Å². The fraction of sp³-hybridized carbons (Fsp3) is 0.533. The van der Waals surface area contributed by atoms with E-state index in [0.717, 1.165) is 53.3 Å². The molecular formula is C30H41N9O2S. The van der Waals surface area contributed by atoms with Crippen LogP contribution in [-0.2, 0) is 0 Å². The molecule has 3 aromatic rings. The fourth-order valence-corrected chi connectivity index (χ4v) is 7.27. The van der Waals surface area contributed by atoms with E-state index >= 15 is 0 Å². The summed E-state index contributed by atoms with van der Waals surface area (Å²) in [6, 6.07) is 6.87. The summed E-state index contributed by atoms with van der Waals surface area (Å²) >= 11 is 1.51. The predicted molar refractivity (Wildman–Crippen MR) is 169 cm³/mol. The molecule has 2 aromatic heterocycles. The number of nitrogens with one attached hydrogen (secondary N) is 1. The SMILES string of the molecule is CCN1C(=O)c2nc(C)sc2N(CC)c2nc(Nc3ccc(N4CCC(N5CCN(C)CC5)CC4)c(OC)c3)ncc21. The lowest BCUT2D eigenvalue weighted by Gasteiger charge is -2.42. The number of anilines is 6. The van der Waals surface area contributed by atoms with Gasteiger partial charge in [0.15, 0.2) is 11.5 Å². The van der Waals surface area contributed by atoms with E-state index in [2.05, 4.69) is 61.0 Å². The minimum Gasteiger partial charge on any atom is -0.495 e. The van der Waals surface area contributed by atoms with Crippen molar-refractivity contribution >= 4 is 51.1 Å². The Morgan fingerprint density at radius 3 is 2.43 bits per heavy atom. The number of benzene rings is 1. The van der Waals surface area contributed by atoms with E-state index in [1.165, 1.54) is 37.3 Å². The number of piperazine rings is 1. The number of methoxy groups -OCH3 is 1. The highest BCUT2D eigenvalue weighted by Crippen LogP contribution is 2.42. The third-order valence-corrected chi connectivity index (χ3v) is 9.63. The minimum absolute atomic E-state index is 0.119. The average Bonchev–Trinajstić information content (AvgIpc) is 3.36. The lowest BCUT2D eigenvalue weighted by Crippen LogP contribution is -2.52. The van der Waals surface area contributed by atoms with Gasteiger partial charge in [-0.25, -0.2) is 9.97 Å². The summed E-state index contributed by atoms with van der Waals surface area (Å²) in [4.78, 5) is 38.8.